The number of amides is 3. The van der Waals surface area contributed by atoms with Gasteiger partial charge in [0.1, 0.15) is 0 Å². The Morgan fingerprint density at radius 3 is 2.52 bits per heavy atom. The van der Waals surface area contributed by atoms with Crippen molar-refractivity contribution in [2.24, 2.45) is 4.99 Å². The Morgan fingerprint density at radius 1 is 1.22 bits per heavy atom. The van der Waals surface area contributed by atoms with Crippen molar-refractivity contribution in [3.8, 4) is 0 Å². The van der Waals surface area contributed by atoms with Gasteiger partial charge in [0, 0.05) is 17.3 Å². The maximum Gasteiger partial charge on any atom is 0.388 e. The molecule has 1 saturated heterocycles. The second-order valence-electron chi connectivity index (χ2n) is 5.39. The molecule has 23 heavy (non-hydrogen) atoms. The topological polar surface area (TPSA) is 56.0 Å². The molecule has 1 fully saturated rings. The molecule has 1 aromatic carbocycles. The average Bonchev–Trinajstić information content (AvgIpc) is 2.87. The minimum absolute atomic E-state index is 0.283. The molecular weight excluding hydrogens is 380 g/mol. The first-order valence-corrected chi connectivity index (χ1v) is 8.79. The largest absolute Gasteiger partial charge is 0.388 e. The van der Waals surface area contributed by atoms with E-state index in [0.717, 1.165) is 20.3 Å². The molecule has 2 aliphatic rings. The summed E-state index contributed by atoms with van der Waals surface area (Å²) in [6.07, 6.45) is 0. The predicted molar refractivity (Wildman–Crippen MR) is 93.8 cm³/mol. The van der Waals surface area contributed by atoms with Crippen LogP contribution in [-0.4, -0.2) is 64.5 Å². The molecule has 0 spiro atoms. The van der Waals surface area contributed by atoms with Crippen LogP contribution in [0.3, 0.4) is 0 Å². The van der Waals surface area contributed by atoms with Crippen molar-refractivity contribution in [1.29, 1.82) is 0 Å². The highest BCUT2D eigenvalue weighted by molar-refractivity contribution is 9.10. The van der Waals surface area contributed by atoms with Crippen LogP contribution < -0.4 is 0 Å². The Morgan fingerprint density at radius 2 is 1.87 bits per heavy atom. The van der Waals surface area contributed by atoms with Crippen molar-refractivity contribution in [3.63, 3.8) is 0 Å². The molecule has 120 valence electrons. The molecule has 0 aromatic heterocycles. The van der Waals surface area contributed by atoms with E-state index in [1.807, 2.05) is 35.9 Å². The van der Waals surface area contributed by atoms with Crippen LogP contribution >= 0.6 is 27.7 Å². The van der Waals surface area contributed by atoms with Crippen LogP contribution in [0.25, 0.3) is 0 Å². The Labute approximate surface area is 147 Å². The van der Waals surface area contributed by atoms with Crippen LogP contribution in [0.2, 0.25) is 0 Å². The molecule has 0 saturated carbocycles. The number of imide groups is 1. The summed E-state index contributed by atoms with van der Waals surface area (Å²) in [4.78, 5) is 31.5. The Bertz CT molecular complexity index is 744. The van der Waals surface area contributed by atoms with E-state index < -0.39 is 6.04 Å². The number of rotatable bonds is 2. The summed E-state index contributed by atoms with van der Waals surface area (Å²) in [6, 6.07) is 7.12. The number of urea groups is 1. The molecule has 1 atom stereocenters. The summed E-state index contributed by atoms with van der Waals surface area (Å²) in [6.45, 7) is 0. The fraction of sp³-hybridized carbons (Fsp3) is 0.333. The van der Waals surface area contributed by atoms with Crippen LogP contribution in [0.5, 0.6) is 0 Å². The lowest BCUT2D eigenvalue weighted by atomic mass is 10.2. The molecule has 0 bridgehead atoms. The number of aliphatic imine (C=N–C) groups is 1. The summed E-state index contributed by atoms with van der Waals surface area (Å²) in [5.41, 5.74) is 1.17. The third kappa shape index (κ3) is 2.81. The maximum absolute atomic E-state index is 12.3. The molecule has 3 rings (SSSR count). The summed E-state index contributed by atoms with van der Waals surface area (Å²) in [5.74, 6) is 1.09. The first kappa shape index (κ1) is 16.2. The molecule has 0 radical (unpaired) electrons. The first-order valence-electron chi connectivity index (χ1n) is 7.01. The molecule has 6 nitrogen and oxygen atoms in total. The summed E-state index contributed by atoms with van der Waals surface area (Å²) in [5, 5.41) is 0.746. The minimum Gasteiger partial charge on any atom is -0.269 e. The van der Waals surface area contributed by atoms with Crippen molar-refractivity contribution in [2.75, 3.05) is 21.1 Å². The lowest BCUT2D eigenvalue weighted by Crippen LogP contribution is -2.59. The number of halogens is 1. The Kier molecular flexibility index (Phi) is 4.29. The number of hydrogen-bond acceptors (Lipinski definition) is 4. The van der Waals surface area contributed by atoms with Crippen molar-refractivity contribution >= 4 is 50.6 Å². The zero-order chi connectivity index (χ0) is 16.7. The van der Waals surface area contributed by atoms with E-state index in [-0.39, 0.29) is 11.9 Å². The molecule has 2 aliphatic heterocycles. The van der Waals surface area contributed by atoms with E-state index in [9.17, 15) is 9.59 Å². The highest BCUT2D eigenvalue weighted by atomic mass is 79.9. The van der Waals surface area contributed by atoms with E-state index in [0.29, 0.717) is 5.84 Å². The number of likely N-dealkylation sites (N-methyl/N-ethyl adjacent to an activating group) is 2. The maximum atomic E-state index is 12.3. The number of benzene rings is 1. The highest BCUT2D eigenvalue weighted by Gasteiger charge is 2.51. The standard InChI is InChI=1S/C15H16BrN4O2S/c1-18-12-11(13(21)20(3)15(22)19(12)2)17-14(18)23-8-9-4-6-10(16)7-5-9/h4-7,11H,8H2,1-3H3/q+1. The van der Waals surface area contributed by atoms with Gasteiger partial charge >= 0.3 is 6.03 Å². The summed E-state index contributed by atoms with van der Waals surface area (Å²) >= 11 is 4.97. The van der Waals surface area contributed by atoms with Crippen LogP contribution in [0, 0.1) is 0 Å². The third-order valence-electron chi connectivity index (χ3n) is 3.88. The van der Waals surface area contributed by atoms with E-state index in [1.165, 1.54) is 17.5 Å². The van der Waals surface area contributed by atoms with Gasteiger partial charge in [0.15, 0.2) is 0 Å². The molecule has 0 N–H and O–H groups in total. The lowest BCUT2D eigenvalue weighted by molar-refractivity contribution is -0.367. The number of thioether (sulfide) groups is 1. The van der Waals surface area contributed by atoms with Gasteiger partial charge in [-0.05, 0) is 29.5 Å². The van der Waals surface area contributed by atoms with E-state index in [1.54, 1.807) is 18.8 Å². The monoisotopic (exact) mass is 395 g/mol. The summed E-state index contributed by atoms with van der Waals surface area (Å²) in [7, 11) is 4.99. The molecule has 2 heterocycles. The SMILES string of the molecule is CN1C(=O)C2N=C(SCc3ccc(Br)cc3)[N+](C)=C2N(C)C1=O. The predicted octanol–water partition coefficient (Wildman–Crippen LogP) is 1.99. The highest BCUT2D eigenvalue weighted by Crippen LogP contribution is 2.24. The van der Waals surface area contributed by atoms with Crippen LogP contribution in [0.15, 0.2) is 33.7 Å². The third-order valence-corrected chi connectivity index (χ3v) is 5.52. The van der Waals surface area contributed by atoms with Gasteiger partial charge in [0.05, 0.1) is 14.1 Å². The van der Waals surface area contributed by atoms with E-state index in [2.05, 4.69) is 20.9 Å². The number of carbonyl (C=O) groups is 2. The van der Waals surface area contributed by atoms with Crippen LogP contribution in [0.1, 0.15) is 5.56 Å². The van der Waals surface area contributed by atoms with Gasteiger partial charge in [0.2, 0.25) is 0 Å². The Balaban J connectivity index is 1.81. The van der Waals surface area contributed by atoms with E-state index in [4.69, 9.17) is 0 Å². The fourth-order valence-corrected chi connectivity index (χ4v) is 3.79. The van der Waals surface area contributed by atoms with Crippen LogP contribution in [-0.2, 0) is 10.5 Å². The van der Waals surface area contributed by atoms with Gasteiger partial charge in [-0.3, -0.25) is 9.69 Å². The second kappa shape index (κ2) is 6.09. The number of hydrogen-bond donors (Lipinski definition) is 0. The minimum atomic E-state index is -0.625. The normalized spacial score (nSPS) is 21.0. The number of carbonyl (C=O) groups excluding carboxylic acids is 2. The number of fused-ring (bicyclic) bond motifs is 1. The van der Waals surface area contributed by atoms with Crippen LogP contribution in [0.4, 0.5) is 4.79 Å². The molecule has 1 aromatic rings. The van der Waals surface area contributed by atoms with E-state index >= 15 is 0 Å². The van der Waals surface area contributed by atoms with Gasteiger partial charge < -0.3 is 0 Å². The van der Waals surface area contributed by atoms with Gasteiger partial charge in [-0.15, -0.1) is 4.99 Å². The first-order chi connectivity index (χ1) is 10.9. The molecule has 1 unspecified atom stereocenters. The molecule has 8 heteroatoms. The smallest absolute Gasteiger partial charge is 0.269 e. The van der Waals surface area contributed by atoms with Crippen molar-refractivity contribution < 1.29 is 14.2 Å². The average molecular weight is 396 g/mol. The molecular formula is C15H16BrN4O2S+. The molecule has 3 amide bonds. The van der Waals surface area contributed by atoms with Gasteiger partial charge in [0.25, 0.3) is 23.0 Å². The second-order valence-corrected chi connectivity index (χ2v) is 7.24. The zero-order valence-corrected chi connectivity index (χ0v) is 15.4. The zero-order valence-electron chi connectivity index (χ0n) is 13.0. The van der Waals surface area contributed by atoms with Crippen molar-refractivity contribution in [3.05, 3.63) is 34.3 Å². The fourth-order valence-electron chi connectivity index (χ4n) is 2.57. The lowest BCUT2D eigenvalue weighted by Gasteiger charge is -2.27. The van der Waals surface area contributed by atoms with Crippen molar-refractivity contribution in [1.82, 2.24) is 9.80 Å². The number of amidine groups is 2. The quantitative estimate of drug-likeness (QED) is 0.719. The summed E-state index contributed by atoms with van der Waals surface area (Å²) < 4.78 is 2.87. The van der Waals surface area contributed by atoms with Gasteiger partial charge in [-0.2, -0.15) is 0 Å². The van der Waals surface area contributed by atoms with Crippen molar-refractivity contribution in [2.45, 2.75) is 11.8 Å². The van der Waals surface area contributed by atoms with Gasteiger partial charge in [-0.25, -0.2) is 14.3 Å². The molecule has 0 aliphatic carbocycles. The number of nitrogens with zero attached hydrogens (tertiary/aromatic N) is 4. The Hall–Kier alpha value is -1.67. The van der Waals surface area contributed by atoms with Gasteiger partial charge in [-0.1, -0.05) is 28.1 Å².